The van der Waals surface area contributed by atoms with Crippen LogP contribution in [0.5, 0.6) is 11.5 Å². The van der Waals surface area contributed by atoms with E-state index in [1.165, 1.54) is 0 Å². The molecule has 3 N–H and O–H groups in total. The zero-order valence-electron chi connectivity index (χ0n) is 16.3. The SMILES string of the molecule is CN=C(NCC(=O)Nc1ccccc1)NCC(C)Oc1ccccc1OC.I. The van der Waals surface area contributed by atoms with Gasteiger partial charge < -0.3 is 25.4 Å². The van der Waals surface area contributed by atoms with Gasteiger partial charge in [0.15, 0.2) is 17.5 Å². The predicted molar refractivity (Wildman–Crippen MR) is 123 cm³/mol. The van der Waals surface area contributed by atoms with E-state index in [0.29, 0.717) is 24.0 Å². The molecule has 0 radical (unpaired) electrons. The molecule has 28 heavy (non-hydrogen) atoms. The number of aliphatic imine (C=N–C) groups is 1. The van der Waals surface area contributed by atoms with Crippen LogP contribution >= 0.6 is 24.0 Å². The smallest absolute Gasteiger partial charge is 0.243 e. The number of methoxy groups -OCH3 is 1. The Morgan fingerprint density at radius 2 is 1.68 bits per heavy atom. The van der Waals surface area contributed by atoms with Crippen LogP contribution in [-0.2, 0) is 4.79 Å². The molecule has 2 rings (SSSR count). The first-order valence-corrected chi connectivity index (χ1v) is 8.71. The first-order valence-electron chi connectivity index (χ1n) is 8.71. The minimum Gasteiger partial charge on any atom is -0.493 e. The number of hydrogen-bond acceptors (Lipinski definition) is 4. The minimum atomic E-state index is -0.150. The summed E-state index contributed by atoms with van der Waals surface area (Å²) in [7, 11) is 3.26. The molecule has 0 aromatic heterocycles. The number of nitrogens with zero attached hydrogens (tertiary/aromatic N) is 1. The Balaban J connectivity index is 0.00000392. The van der Waals surface area contributed by atoms with E-state index in [9.17, 15) is 4.79 Å². The number of rotatable bonds is 8. The van der Waals surface area contributed by atoms with E-state index >= 15 is 0 Å². The molecule has 0 saturated heterocycles. The molecule has 8 heteroatoms. The van der Waals surface area contributed by atoms with Crippen LogP contribution in [0.4, 0.5) is 5.69 Å². The number of halogens is 1. The molecule has 0 aliphatic rings. The van der Waals surface area contributed by atoms with Crippen LogP contribution in [0, 0.1) is 0 Å². The fraction of sp³-hybridized carbons (Fsp3) is 0.300. The number of ether oxygens (including phenoxy) is 2. The third kappa shape index (κ3) is 8.03. The molecule has 0 aliphatic heterocycles. The van der Waals surface area contributed by atoms with Crippen LogP contribution in [0.25, 0.3) is 0 Å². The highest BCUT2D eigenvalue weighted by atomic mass is 127. The lowest BCUT2D eigenvalue weighted by atomic mass is 10.3. The fourth-order valence-corrected chi connectivity index (χ4v) is 2.33. The molecular formula is C20H27IN4O3. The van der Waals surface area contributed by atoms with Gasteiger partial charge in [-0.3, -0.25) is 9.79 Å². The van der Waals surface area contributed by atoms with E-state index in [0.717, 1.165) is 5.69 Å². The molecule has 0 heterocycles. The molecule has 1 unspecified atom stereocenters. The Bertz CT molecular complexity index is 756. The molecule has 0 aliphatic carbocycles. The maximum absolute atomic E-state index is 12.0. The molecule has 1 amide bonds. The van der Waals surface area contributed by atoms with Crippen molar-refractivity contribution in [3.8, 4) is 11.5 Å². The van der Waals surface area contributed by atoms with E-state index in [2.05, 4.69) is 20.9 Å². The molecule has 152 valence electrons. The lowest BCUT2D eigenvalue weighted by Gasteiger charge is -2.19. The Labute approximate surface area is 182 Å². The van der Waals surface area contributed by atoms with Crippen molar-refractivity contribution in [2.24, 2.45) is 4.99 Å². The molecule has 0 bridgehead atoms. The first kappa shape index (κ1) is 23.5. The maximum Gasteiger partial charge on any atom is 0.243 e. The topological polar surface area (TPSA) is 84.0 Å². The zero-order chi connectivity index (χ0) is 19.5. The van der Waals surface area contributed by atoms with E-state index < -0.39 is 0 Å². The van der Waals surface area contributed by atoms with Gasteiger partial charge in [0, 0.05) is 12.7 Å². The van der Waals surface area contributed by atoms with Gasteiger partial charge in [0.1, 0.15) is 6.10 Å². The lowest BCUT2D eigenvalue weighted by Crippen LogP contribution is -2.44. The van der Waals surface area contributed by atoms with Gasteiger partial charge in [-0.15, -0.1) is 24.0 Å². The number of guanidine groups is 1. The number of nitrogens with one attached hydrogen (secondary N) is 3. The van der Waals surface area contributed by atoms with Crippen molar-refractivity contribution in [3.63, 3.8) is 0 Å². The summed E-state index contributed by atoms with van der Waals surface area (Å²) in [6, 6.07) is 16.8. The van der Waals surface area contributed by atoms with Crippen LogP contribution in [-0.4, -0.2) is 45.2 Å². The summed E-state index contributed by atoms with van der Waals surface area (Å²) >= 11 is 0. The highest BCUT2D eigenvalue weighted by Gasteiger charge is 2.10. The van der Waals surface area contributed by atoms with Crippen molar-refractivity contribution in [1.29, 1.82) is 0 Å². The monoisotopic (exact) mass is 498 g/mol. The number of amides is 1. The van der Waals surface area contributed by atoms with E-state index in [-0.39, 0.29) is 42.5 Å². The van der Waals surface area contributed by atoms with Gasteiger partial charge in [-0.05, 0) is 31.2 Å². The average Bonchev–Trinajstić information content (AvgIpc) is 2.69. The summed E-state index contributed by atoms with van der Waals surface area (Å²) < 4.78 is 11.2. The second-order valence-corrected chi connectivity index (χ2v) is 5.80. The second kappa shape index (κ2) is 12.8. The molecule has 2 aromatic carbocycles. The second-order valence-electron chi connectivity index (χ2n) is 5.80. The van der Waals surface area contributed by atoms with Crippen LogP contribution in [0.2, 0.25) is 0 Å². The number of para-hydroxylation sites is 3. The Morgan fingerprint density at radius 3 is 2.32 bits per heavy atom. The molecule has 2 aromatic rings. The molecule has 0 spiro atoms. The summed E-state index contributed by atoms with van der Waals surface area (Å²) in [5.41, 5.74) is 0.756. The normalized spacial score (nSPS) is 11.6. The molecule has 0 saturated carbocycles. The van der Waals surface area contributed by atoms with Gasteiger partial charge >= 0.3 is 0 Å². The summed E-state index contributed by atoms with van der Waals surface area (Å²) in [4.78, 5) is 16.1. The highest BCUT2D eigenvalue weighted by molar-refractivity contribution is 14.0. The fourth-order valence-electron chi connectivity index (χ4n) is 2.33. The van der Waals surface area contributed by atoms with Crippen LogP contribution < -0.4 is 25.4 Å². The standard InChI is InChI=1S/C20H26N4O3.HI/c1-15(27-18-12-8-7-11-17(18)26-3)13-22-20(21-2)23-14-19(25)24-16-9-5-4-6-10-16;/h4-12,15H,13-14H2,1-3H3,(H,24,25)(H2,21,22,23);1H. The van der Waals surface area contributed by atoms with Gasteiger partial charge in [0.05, 0.1) is 20.2 Å². The van der Waals surface area contributed by atoms with Gasteiger partial charge in [-0.1, -0.05) is 30.3 Å². The van der Waals surface area contributed by atoms with E-state index in [1.54, 1.807) is 14.2 Å². The maximum atomic E-state index is 12.0. The number of benzene rings is 2. The number of carbonyl (C=O) groups is 1. The Kier molecular flexibility index (Phi) is 10.8. The Hall–Kier alpha value is -2.49. The van der Waals surface area contributed by atoms with Crippen molar-refractivity contribution in [3.05, 3.63) is 54.6 Å². The quantitative estimate of drug-likeness (QED) is 0.296. The molecule has 1 atom stereocenters. The molecule has 7 nitrogen and oxygen atoms in total. The zero-order valence-corrected chi connectivity index (χ0v) is 18.6. The molecular weight excluding hydrogens is 471 g/mol. The van der Waals surface area contributed by atoms with Crippen molar-refractivity contribution in [2.75, 3.05) is 32.6 Å². The van der Waals surface area contributed by atoms with Crippen molar-refractivity contribution in [1.82, 2.24) is 10.6 Å². The van der Waals surface area contributed by atoms with Crippen molar-refractivity contribution < 1.29 is 14.3 Å². The Morgan fingerprint density at radius 1 is 1.04 bits per heavy atom. The van der Waals surface area contributed by atoms with Crippen molar-refractivity contribution in [2.45, 2.75) is 13.0 Å². The van der Waals surface area contributed by atoms with Crippen LogP contribution in [0.3, 0.4) is 0 Å². The predicted octanol–water partition coefficient (Wildman–Crippen LogP) is 2.88. The first-order chi connectivity index (χ1) is 13.1. The lowest BCUT2D eigenvalue weighted by molar-refractivity contribution is -0.115. The van der Waals surface area contributed by atoms with E-state index in [4.69, 9.17) is 9.47 Å². The van der Waals surface area contributed by atoms with Gasteiger partial charge in [-0.25, -0.2) is 0 Å². The third-order valence-corrected chi connectivity index (χ3v) is 3.65. The van der Waals surface area contributed by atoms with Crippen molar-refractivity contribution >= 4 is 41.5 Å². The third-order valence-electron chi connectivity index (χ3n) is 3.65. The summed E-state index contributed by atoms with van der Waals surface area (Å²) in [6.45, 7) is 2.56. The number of anilines is 1. The van der Waals surface area contributed by atoms with Gasteiger partial charge in [-0.2, -0.15) is 0 Å². The van der Waals surface area contributed by atoms with Gasteiger partial charge in [0.2, 0.25) is 5.91 Å². The minimum absolute atomic E-state index is 0. The largest absolute Gasteiger partial charge is 0.493 e. The number of hydrogen-bond donors (Lipinski definition) is 3. The highest BCUT2D eigenvalue weighted by Crippen LogP contribution is 2.26. The summed E-state index contributed by atoms with van der Waals surface area (Å²) in [5, 5.41) is 8.93. The molecule has 0 fully saturated rings. The number of carbonyl (C=O) groups excluding carboxylic acids is 1. The van der Waals surface area contributed by atoms with Crippen LogP contribution in [0.15, 0.2) is 59.6 Å². The summed E-state index contributed by atoms with van der Waals surface area (Å²) in [5.74, 6) is 1.74. The summed E-state index contributed by atoms with van der Waals surface area (Å²) in [6.07, 6.45) is -0.127. The van der Waals surface area contributed by atoms with Gasteiger partial charge in [0.25, 0.3) is 0 Å². The average molecular weight is 498 g/mol. The van der Waals surface area contributed by atoms with Crippen LogP contribution in [0.1, 0.15) is 6.92 Å². The van der Waals surface area contributed by atoms with E-state index in [1.807, 2.05) is 61.5 Å².